The van der Waals surface area contributed by atoms with Crippen molar-refractivity contribution in [2.24, 2.45) is 0 Å². The monoisotopic (exact) mass is 360 g/mol. The van der Waals surface area contributed by atoms with Crippen molar-refractivity contribution >= 4 is 11.9 Å². The molecule has 1 aromatic carbocycles. The van der Waals surface area contributed by atoms with Gasteiger partial charge in [-0.05, 0) is 18.2 Å². The van der Waals surface area contributed by atoms with Crippen molar-refractivity contribution in [3.05, 3.63) is 41.2 Å². The molecule has 0 fully saturated rings. The van der Waals surface area contributed by atoms with Crippen molar-refractivity contribution in [2.75, 3.05) is 14.2 Å². The number of aromatic hydroxyl groups is 1. The number of rotatable bonds is 2. The van der Waals surface area contributed by atoms with Gasteiger partial charge in [-0.3, -0.25) is 0 Å². The van der Waals surface area contributed by atoms with Crippen LogP contribution >= 0.6 is 0 Å². The van der Waals surface area contributed by atoms with Gasteiger partial charge in [0.05, 0.1) is 25.3 Å². The smallest absolute Gasteiger partial charge is 0.448 e. The highest BCUT2D eigenvalue weighted by Crippen LogP contribution is 2.29. The van der Waals surface area contributed by atoms with Crippen molar-refractivity contribution < 1.29 is 50.5 Å². The Balaban J connectivity index is 0.000000506. The summed E-state index contributed by atoms with van der Waals surface area (Å²) in [5.74, 6) is -4.78. The minimum Gasteiger partial charge on any atom is -0.508 e. The Morgan fingerprint density at radius 3 is 1.50 bits per heavy atom. The van der Waals surface area contributed by atoms with Crippen LogP contribution in [0.4, 0.5) is 26.3 Å². The molecule has 0 amide bonds. The number of esters is 2. The zero-order chi connectivity index (χ0) is 19.1. The summed E-state index contributed by atoms with van der Waals surface area (Å²) in [7, 11) is 2.42. The van der Waals surface area contributed by atoms with Crippen molar-refractivity contribution in [3.8, 4) is 5.75 Å². The zero-order valence-electron chi connectivity index (χ0n) is 12.1. The summed E-state index contributed by atoms with van der Waals surface area (Å²) in [5, 5.41) is 9.27. The number of methoxy groups -OCH3 is 2. The van der Waals surface area contributed by atoms with E-state index in [4.69, 9.17) is 0 Å². The predicted octanol–water partition coefficient (Wildman–Crippen LogP) is 3.59. The lowest BCUT2D eigenvalue weighted by Crippen LogP contribution is -2.08. The number of alkyl halides is 3. The quantitative estimate of drug-likeness (QED) is 0.645. The van der Waals surface area contributed by atoms with Crippen molar-refractivity contribution in [3.63, 3.8) is 0 Å². The Hall–Kier alpha value is -2.72. The Bertz CT molecular complexity index is 600. The largest absolute Gasteiger partial charge is 0.508 e. The van der Waals surface area contributed by atoms with Crippen LogP contribution in [0, 0.1) is 0 Å². The average molecular weight is 360 g/mol. The molecule has 0 aliphatic carbocycles. The molecule has 0 bridgehead atoms. The van der Waals surface area contributed by atoms with E-state index in [2.05, 4.69) is 9.47 Å². The fourth-order valence-corrected chi connectivity index (χ4v) is 1.19. The molecule has 11 heteroatoms. The van der Waals surface area contributed by atoms with Gasteiger partial charge in [0.1, 0.15) is 5.75 Å². The summed E-state index contributed by atoms with van der Waals surface area (Å²) in [6, 6.07) is 3.70. The first kappa shape index (κ1) is 21.3. The number of halogens is 6. The maximum atomic E-state index is 11.1. The number of allylic oxidation sites excluding steroid dienone is 1. The highest BCUT2D eigenvalue weighted by atomic mass is 19.4. The van der Waals surface area contributed by atoms with Gasteiger partial charge in [0.2, 0.25) is 0 Å². The predicted molar refractivity (Wildman–Crippen MR) is 67.2 cm³/mol. The molecule has 5 nitrogen and oxygen atoms in total. The lowest BCUT2D eigenvalue weighted by atomic mass is 10.1. The molecule has 0 unspecified atom stereocenters. The minimum atomic E-state index is -5.56. The van der Waals surface area contributed by atoms with Crippen LogP contribution in [0.25, 0.3) is 0 Å². The number of hydrogen-bond acceptors (Lipinski definition) is 5. The van der Waals surface area contributed by atoms with E-state index < -0.39 is 30.0 Å². The molecule has 0 heterocycles. The molecule has 0 aliphatic rings. The fourth-order valence-electron chi connectivity index (χ4n) is 1.19. The Morgan fingerprint density at radius 1 is 0.917 bits per heavy atom. The summed E-state index contributed by atoms with van der Waals surface area (Å²) in [6.07, 6.45) is -8.90. The van der Waals surface area contributed by atoms with Gasteiger partial charge in [0.25, 0.3) is 5.83 Å². The first-order valence-corrected chi connectivity index (χ1v) is 5.72. The number of phenols is 1. The maximum Gasteiger partial charge on any atom is 0.448 e. The third-order valence-electron chi connectivity index (χ3n) is 2.17. The van der Waals surface area contributed by atoms with Gasteiger partial charge in [-0.2, -0.15) is 26.3 Å². The molecule has 1 aromatic rings. The minimum absolute atomic E-state index is 0.0953. The van der Waals surface area contributed by atoms with Crippen LogP contribution in [0.2, 0.25) is 0 Å². The van der Waals surface area contributed by atoms with Gasteiger partial charge in [-0.15, -0.1) is 0 Å². The zero-order valence-corrected chi connectivity index (χ0v) is 12.1. The van der Waals surface area contributed by atoms with Crippen LogP contribution in [0.5, 0.6) is 5.75 Å². The van der Waals surface area contributed by atoms with Gasteiger partial charge in [0.15, 0.2) is 0 Å². The normalized spacial score (nSPS) is 10.2. The highest BCUT2D eigenvalue weighted by Gasteiger charge is 2.38. The van der Waals surface area contributed by atoms with Crippen molar-refractivity contribution in [1.29, 1.82) is 0 Å². The lowest BCUT2D eigenvalue weighted by molar-refractivity contribution is -0.113. The first-order chi connectivity index (χ1) is 10.9. The summed E-state index contributed by atoms with van der Waals surface area (Å²) >= 11 is 0. The molecule has 134 valence electrons. The highest BCUT2D eigenvalue weighted by molar-refractivity contribution is 5.95. The van der Waals surface area contributed by atoms with Crippen LogP contribution in [-0.2, 0) is 9.47 Å². The summed E-state index contributed by atoms with van der Waals surface area (Å²) < 4.78 is 73.7. The Kier molecular flexibility index (Phi) is 7.80. The van der Waals surface area contributed by atoms with E-state index in [-0.39, 0.29) is 16.9 Å². The van der Waals surface area contributed by atoms with E-state index in [1.807, 2.05) is 0 Å². The van der Waals surface area contributed by atoms with Crippen molar-refractivity contribution in [2.45, 2.75) is 6.18 Å². The molecule has 0 aliphatic heterocycles. The molecular weight excluding hydrogens is 350 g/mol. The molecule has 1 N–H and O–H groups in total. The maximum absolute atomic E-state index is 11.1. The van der Waals surface area contributed by atoms with E-state index in [0.717, 1.165) is 0 Å². The number of benzene rings is 1. The third-order valence-corrected chi connectivity index (χ3v) is 2.17. The number of carbonyl (C=O) groups excluding carboxylic acids is 2. The van der Waals surface area contributed by atoms with Crippen LogP contribution in [0.1, 0.15) is 20.7 Å². The molecule has 0 spiro atoms. The van der Waals surface area contributed by atoms with Crippen LogP contribution in [0.15, 0.2) is 30.1 Å². The summed E-state index contributed by atoms with van der Waals surface area (Å²) in [6.45, 7) is 0. The third kappa shape index (κ3) is 6.58. The first-order valence-electron chi connectivity index (χ1n) is 5.72. The summed E-state index contributed by atoms with van der Waals surface area (Å²) in [5.41, 5.74) is 0.191. The number of hydrogen-bond donors (Lipinski definition) is 1. The molecule has 1 rings (SSSR count). The van der Waals surface area contributed by atoms with E-state index >= 15 is 0 Å². The van der Waals surface area contributed by atoms with Gasteiger partial charge in [-0.1, -0.05) is 0 Å². The topological polar surface area (TPSA) is 72.8 Å². The van der Waals surface area contributed by atoms with E-state index in [1.54, 1.807) is 0 Å². The Morgan fingerprint density at radius 2 is 1.29 bits per heavy atom. The fraction of sp³-hybridized carbons (Fsp3) is 0.231. The molecule has 0 atom stereocenters. The number of carbonyl (C=O) groups is 2. The molecule has 0 radical (unpaired) electrons. The second kappa shape index (κ2) is 8.79. The standard InChI is InChI=1S/C10H10O5.C3F6/c1-14-9(12)6-3-7(10(13)15-2)5-8(11)4-6;4-1(2(5)6)3(7,8)9/h3-5,11H,1-2H3;. The van der Waals surface area contributed by atoms with Gasteiger partial charge >= 0.3 is 24.2 Å². The SMILES string of the molecule is COC(=O)c1cc(O)cc(C(=O)OC)c1.FC(F)=C(F)C(F)(F)F. The average Bonchev–Trinajstić information content (AvgIpc) is 2.51. The van der Waals surface area contributed by atoms with E-state index in [0.29, 0.717) is 0 Å². The van der Waals surface area contributed by atoms with Crippen molar-refractivity contribution in [1.82, 2.24) is 0 Å². The number of ether oxygens (including phenoxy) is 2. The van der Waals surface area contributed by atoms with Gasteiger partial charge < -0.3 is 14.6 Å². The lowest BCUT2D eigenvalue weighted by Gasteiger charge is -2.03. The molecular formula is C13H10F6O5. The Labute approximate surface area is 131 Å². The second-order valence-electron chi connectivity index (χ2n) is 3.82. The van der Waals surface area contributed by atoms with Crippen LogP contribution in [0.3, 0.4) is 0 Å². The van der Waals surface area contributed by atoms with Gasteiger partial charge in [0, 0.05) is 0 Å². The van der Waals surface area contributed by atoms with Crippen LogP contribution < -0.4 is 0 Å². The summed E-state index contributed by atoms with van der Waals surface area (Å²) in [4.78, 5) is 22.3. The molecule has 0 saturated heterocycles. The number of phenolic OH excluding ortho intramolecular Hbond substituents is 1. The van der Waals surface area contributed by atoms with Gasteiger partial charge in [-0.25, -0.2) is 9.59 Å². The second-order valence-corrected chi connectivity index (χ2v) is 3.82. The van der Waals surface area contributed by atoms with Crippen LogP contribution in [-0.4, -0.2) is 37.4 Å². The van der Waals surface area contributed by atoms with E-state index in [9.17, 15) is 41.0 Å². The molecule has 0 aromatic heterocycles. The van der Waals surface area contributed by atoms with E-state index in [1.165, 1.54) is 32.4 Å². The molecule has 0 saturated carbocycles. The molecule has 24 heavy (non-hydrogen) atoms.